The van der Waals surface area contributed by atoms with Gasteiger partial charge in [0.1, 0.15) is 5.82 Å². The molecule has 0 aliphatic carbocycles. The largest absolute Gasteiger partial charge is 0.366 e. The topological polar surface area (TPSA) is 72.1 Å². The molecule has 0 unspecified atom stereocenters. The summed E-state index contributed by atoms with van der Waals surface area (Å²) in [5.41, 5.74) is 6.71. The van der Waals surface area contributed by atoms with Gasteiger partial charge in [0.15, 0.2) is 0 Å². The number of primary amides is 1. The van der Waals surface area contributed by atoms with Crippen molar-refractivity contribution < 1.29 is 4.79 Å². The number of rotatable bonds is 3. The van der Waals surface area contributed by atoms with Crippen LogP contribution in [0.1, 0.15) is 34.8 Å². The summed E-state index contributed by atoms with van der Waals surface area (Å²) in [5, 5.41) is 0.446. The molecule has 2 N–H and O–H groups in total. The Balaban J connectivity index is 1.94. The van der Waals surface area contributed by atoms with Crippen molar-refractivity contribution in [1.82, 2.24) is 9.97 Å². The first-order valence-corrected chi connectivity index (χ1v) is 7.16. The summed E-state index contributed by atoms with van der Waals surface area (Å²) in [4.78, 5) is 21.8. The molecule has 3 heterocycles. The molecule has 6 heteroatoms. The minimum atomic E-state index is -0.527. The third kappa shape index (κ3) is 2.69. The van der Waals surface area contributed by atoms with Gasteiger partial charge < -0.3 is 10.6 Å². The van der Waals surface area contributed by atoms with Crippen molar-refractivity contribution >= 4 is 23.3 Å². The SMILES string of the molecule is NC(=O)c1cnc(N2CCC[C@@H]2c2cccnc2)c(Cl)c1. The second-order valence-electron chi connectivity index (χ2n) is 5.03. The van der Waals surface area contributed by atoms with Crippen LogP contribution >= 0.6 is 11.6 Å². The Hall–Kier alpha value is -2.14. The van der Waals surface area contributed by atoms with E-state index >= 15 is 0 Å². The Kier molecular flexibility index (Phi) is 3.75. The van der Waals surface area contributed by atoms with Gasteiger partial charge in [0.25, 0.3) is 0 Å². The van der Waals surface area contributed by atoms with Crippen molar-refractivity contribution in [2.24, 2.45) is 5.73 Å². The Morgan fingerprint density at radius 2 is 2.29 bits per heavy atom. The van der Waals surface area contributed by atoms with Crippen LogP contribution in [0.3, 0.4) is 0 Å². The highest BCUT2D eigenvalue weighted by atomic mass is 35.5. The molecule has 5 nitrogen and oxygen atoms in total. The van der Waals surface area contributed by atoms with Crippen molar-refractivity contribution in [3.8, 4) is 0 Å². The van der Waals surface area contributed by atoms with E-state index in [1.54, 1.807) is 12.3 Å². The van der Waals surface area contributed by atoms with Crippen molar-refractivity contribution in [1.29, 1.82) is 0 Å². The zero-order valence-electron chi connectivity index (χ0n) is 11.4. The van der Waals surface area contributed by atoms with Crippen molar-refractivity contribution in [2.75, 3.05) is 11.4 Å². The lowest BCUT2D eigenvalue weighted by Gasteiger charge is -2.26. The number of hydrogen-bond donors (Lipinski definition) is 1. The van der Waals surface area contributed by atoms with Gasteiger partial charge >= 0.3 is 0 Å². The first-order chi connectivity index (χ1) is 10.2. The van der Waals surface area contributed by atoms with E-state index in [2.05, 4.69) is 20.9 Å². The molecule has 108 valence electrons. The minimum absolute atomic E-state index is 0.211. The van der Waals surface area contributed by atoms with Gasteiger partial charge in [0.05, 0.1) is 16.6 Å². The molecule has 0 radical (unpaired) electrons. The molecule has 1 aliphatic rings. The average Bonchev–Trinajstić information content (AvgIpc) is 2.97. The quantitative estimate of drug-likeness (QED) is 0.946. The number of carbonyl (C=O) groups is 1. The number of nitrogens with zero attached hydrogens (tertiary/aromatic N) is 3. The van der Waals surface area contributed by atoms with Crippen molar-refractivity contribution in [2.45, 2.75) is 18.9 Å². The zero-order valence-corrected chi connectivity index (χ0v) is 12.1. The Morgan fingerprint density at radius 3 is 2.95 bits per heavy atom. The number of halogens is 1. The van der Waals surface area contributed by atoms with Gasteiger partial charge in [-0.1, -0.05) is 17.7 Å². The average molecular weight is 303 g/mol. The second-order valence-corrected chi connectivity index (χ2v) is 5.44. The number of carbonyl (C=O) groups excluding carboxylic acids is 1. The van der Waals surface area contributed by atoms with Crippen molar-refractivity contribution in [3.63, 3.8) is 0 Å². The molecular formula is C15H15ClN4O. The van der Waals surface area contributed by atoms with Gasteiger partial charge in [-0.25, -0.2) is 4.98 Å². The number of aromatic nitrogens is 2. The maximum atomic E-state index is 11.2. The maximum Gasteiger partial charge on any atom is 0.250 e. The van der Waals surface area contributed by atoms with E-state index in [4.69, 9.17) is 17.3 Å². The molecule has 1 amide bonds. The lowest BCUT2D eigenvalue weighted by Crippen LogP contribution is -2.24. The van der Waals surface area contributed by atoms with Crippen LogP contribution in [0.5, 0.6) is 0 Å². The molecule has 21 heavy (non-hydrogen) atoms. The normalized spacial score (nSPS) is 18.0. The Labute approximate surface area is 127 Å². The summed E-state index contributed by atoms with van der Waals surface area (Å²) in [6, 6.07) is 5.77. The molecule has 0 aromatic carbocycles. The van der Waals surface area contributed by atoms with Gasteiger partial charge in [-0.05, 0) is 30.5 Å². The number of pyridine rings is 2. The molecule has 0 saturated carbocycles. The van der Waals surface area contributed by atoms with Crippen LogP contribution in [0.25, 0.3) is 0 Å². The zero-order chi connectivity index (χ0) is 14.8. The summed E-state index contributed by atoms with van der Waals surface area (Å²) < 4.78 is 0. The minimum Gasteiger partial charge on any atom is -0.366 e. The van der Waals surface area contributed by atoms with Gasteiger partial charge in [0, 0.05) is 25.1 Å². The molecule has 1 aliphatic heterocycles. The smallest absolute Gasteiger partial charge is 0.250 e. The summed E-state index contributed by atoms with van der Waals surface area (Å²) in [6.45, 7) is 0.877. The van der Waals surface area contributed by atoms with Crippen LogP contribution in [0.2, 0.25) is 5.02 Å². The van der Waals surface area contributed by atoms with Crippen LogP contribution in [0.4, 0.5) is 5.82 Å². The lowest BCUT2D eigenvalue weighted by molar-refractivity contribution is 0.1000. The number of amides is 1. The van der Waals surface area contributed by atoms with E-state index in [-0.39, 0.29) is 6.04 Å². The fourth-order valence-corrected chi connectivity index (χ4v) is 2.99. The van der Waals surface area contributed by atoms with Crippen LogP contribution in [0.15, 0.2) is 36.8 Å². The predicted octanol–water partition coefficient (Wildman–Crippen LogP) is 2.57. The number of anilines is 1. The van der Waals surface area contributed by atoms with E-state index in [1.165, 1.54) is 6.20 Å². The highest BCUT2D eigenvalue weighted by Gasteiger charge is 2.28. The Morgan fingerprint density at radius 1 is 1.43 bits per heavy atom. The first-order valence-electron chi connectivity index (χ1n) is 6.78. The van der Waals surface area contributed by atoms with E-state index in [0.29, 0.717) is 16.4 Å². The van der Waals surface area contributed by atoms with Crippen LogP contribution in [0, 0.1) is 0 Å². The van der Waals surface area contributed by atoms with E-state index < -0.39 is 5.91 Å². The summed E-state index contributed by atoms with van der Waals surface area (Å²) in [7, 11) is 0. The standard InChI is InChI=1S/C15H15ClN4O/c16-12-7-11(14(17)21)9-19-15(12)20-6-2-4-13(20)10-3-1-5-18-8-10/h1,3,5,7-9,13H,2,4,6H2,(H2,17,21)/t13-/m1/s1. The van der Waals surface area contributed by atoms with Crippen LogP contribution in [-0.4, -0.2) is 22.4 Å². The van der Waals surface area contributed by atoms with Crippen molar-refractivity contribution in [3.05, 3.63) is 52.9 Å². The first kappa shape index (κ1) is 13.8. The molecule has 1 fully saturated rings. The van der Waals surface area contributed by atoms with Gasteiger partial charge in [-0.3, -0.25) is 9.78 Å². The van der Waals surface area contributed by atoms with Gasteiger partial charge in [-0.2, -0.15) is 0 Å². The maximum absolute atomic E-state index is 11.2. The van der Waals surface area contributed by atoms with Gasteiger partial charge in [0.2, 0.25) is 5.91 Å². The molecule has 0 spiro atoms. The Bertz CT molecular complexity index is 662. The van der Waals surface area contributed by atoms with Crippen LogP contribution in [-0.2, 0) is 0 Å². The van der Waals surface area contributed by atoms with E-state index in [9.17, 15) is 4.79 Å². The monoisotopic (exact) mass is 302 g/mol. The molecule has 1 atom stereocenters. The third-order valence-electron chi connectivity index (χ3n) is 3.70. The summed E-state index contributed by atoms with van der Waals surface area (Å²) >= 11 is 6.28. The highest BCUT2D eigenvalue weighted by Crippen LogP contribution is 2.37. The molecule has 0 bridgehead atoms. The molecule has 3 rings (SSSR count). The molecule has 2 aromatic rings. The van der Waals surface area contributed by atoms with Gasteiger partial charge in [-0.15, -0.1) is 0 Å². The third-order valence-corrected chi connectivity index (χ3v) is 3.98. The molecular weight excluding hydrogens is 288 g/mol. The highest BCUT2D eigenvalue weighted by molar-refractivity contribution is 6.33. The molecule has 2 aromatic heterocycles. The predicted molar refractivity (Wildman–Crippen MR) is 81.3 cm³/mol. The lowest BCUT2D eigenvalue weighted by atomic mass is 10.1. The number of nitrogens with two attached hydrogens (primary N) is 1. The van der Waals surface area contributed by atoms with Crippen LogP contribution < -0.4 is 10.6 Å². The number of hydrogen-bond acceptors (Lipinski definition) is 4. The van der Waals surface area contributed by atoms with E-state index in [1.807, 2.05) is 12.3 Å². The molecule has 1 saturated heterocycles. The fraction of sp³-hybridized carbons (Fsp3) is 0.267. The second kappa shape index (κ2) is 5.69. The summed E-state index contributed by atoms with van der Waals surface area (Å²) in [5.74, 6) is 0.161. The summed E-state index contributed by atoms with van der Waals surface area (Å²) in [6.07, 6.45) is 7.20. The fourth-order valence-electron chi connectivity index (χ4n) is 2.72. The van der Waals surface area contributed by atoms with E-state index in [0.717, 1.165) is 24.9 Å².